The molecule has 0 aliphatic heterocycles. The highest BCUT2D eigenvalue weighted by atomic mass is 32.1. The van der Waals surface area contributed by atoms with E-state index < -0.39 is 17.5 Å². The summed E-state index contributed by atoms with van der Waals surface area (Å²) in [6.45, 7) is 6.30. The standard InChI is InChI=1S/C29H25N5O7S/c1-4-30-27-31-22-16(3)42-24(26(35)38-14-21-15(2)39-29(37)40-21)23(22)34(27)13-17-9-11-18(12-10-17)19-7-5-6-8-20(19)25-32-28(36)41-33-25/h5-12H,4,13-14H2,1-3H3,(H,30,31)(H,32,33,36). The largest absolute Gasteiger partial charge is 0.519 e. The van der Waals surface area contributed by atoms with Crippen LogP contribution in [0.3, 0.4) is 0 Å². The van der Waals surface area contributed by atoms with E-state index in [0.29, 0.717) is 40.8 Å². The van der Waals surface area contributed by atoms with E-state index in [-0.39, 0.29) is 18.1 Å². The van der Waals surface area contributed by atoms with Crippen molar-refractivity contribution < 1.29 is 22.9 Å². The molecule has 13 heteroatoms. The fourth-order valence-electron chi connectivity index (χ4n) is 4.73. The number of aromatic amines is 1. The number of H-pyrrole nitrogens is 1. The van der Waals surface area contributed by atoms with Crippen LogP contribution in [0.1, 0.15) is 38.6 Å². The third-order valence-corrected chi connectivity index (χ3v) is 7.75. The summed E-state index contributed by atoms with van der Waals surface area (Å²) in [5.74, 6) is -0.598. The van der Waals surface area contributed by atoms with Crippen molar-refractivity contribution in [2.75, 3.05) is 11.9 Å². The van der Waals surface area contributed by atoms with Gasteiger partial charge < -0.3 is 23.5 Å². The van der Waals surface area contributed by atoms with Crippen molar-refractivity contribution in [3.05, 3.63) is 96.5 Å². The molecule has 0 aliphatic carbocycles. The molecule has 4 aromatic heterocycles. The van der Waals surface area contributed by atoms with Crippen LogP contribution in [0.4, 0.5) is 5.95 Å². The van der Waals surface area contributed by atoms with Crippen molar-refractivity contribution in [2.45, 2.75) is 33.9 Å². The summed E-state index contributed by atoms with van der Waals surface area (Å²) in [6.07, 6.45) is 0. The highest BCUT2D eigenvalue weighted by molar-refractivity contribution is 7.15. The van der Waals surface area contributed by atoms with E-state index >= 15 is 0 Å². The van der Waals surface area contributed by atoms with Crippen LogP contribution in [0.2, 0.25) is 0 Å². The maximum absolute atomic E-state index is 13.2. The second-order valence-corrected chi connectivity index (χ2v) is 10.7. The molecule has 2 aromatic carbocycles. The number of ether oxygens (including phenoxy) is 1. The third-order valence-electron chi connectivity index (χ3n) is 6.69. The number of thiophene rings is 1. The topological polar surface area (TPSA) is 158 Å². The molecule has 0 atom stereocenters. The van der Waals surface area contributed by atoms with Crippen LogP contribution in [0, 0.1) is 13.8 Å². The molecule has 42 heavy (non-hydrogen) atoms. The molecule has 6 aromatic rings. The zero-order valence-electron chi connectivity index (χ0n) is 22.8. The normalized spacial score (nSPS) is 11.3. The molecule has 0 saturated carbocycles. The van der Waals surface area contributed by atoms with Crippen molar-refractivity contribution >= 4 is 34.3 Å². The van der Waals surface area contributed by atoms with Crippen LogP contribution < -0.4 is 16.9 Å². The number of carbonyl (C=O) groups excluding carboxylic acids is 1. The van der Waals surface area contributed by atoms with E-state index in [1.54, 1.807) is 6.92 Å². The predicted molar refractivity (Wildman–Crippen MR) is 155 cm³/mol. The van der Waals surface area contributed by atoms with Gasteiger partial charge in [0.1, 0.15) is 10.4 Å². The van der Waals surface area contributed by atoms with Crippen molar-refractivity contribution in [3.63, 3.8) is 0 Å². The highest BCUT2D eigenvalue weighted by Crippen LogP contribution is 2.35. The number of nitrogens with zero attached hydrogens (tertiary/aromatic N) is 3. The van der Waals surface area contributed by atoms with Crippen LogP contribution in [0.15, 0.2) is 71.5 Å². The minimum absolute atomic E-state index is 0.163. The first-order chi connectivity index (χ1) is 20.3. The number of fused-ring (bicyclic) bond motifs is 1. The molecule has 0 spiro atoms. The number of esters is 1. The number of carbonyl (C=O) groups is 1. The monoisotopic (exact) mass is 587 g/mol. The van der Waals surface area contributed by atoms with Crippen molar-refractivity contribution in [2.24, 2.45) is 0 Å². The van der Waals surface area contributed by atoms with Gasteiger partial charge in [-0.1, -0.05) is 53.7 Å². The number of nitrogens with one attached hydrogen (secondary N) is 2. The predicted octanol–water partition coefficient (Wildman–Crippen LogP) is 5.11. The number of hydrogen-bond donors (Lipinski definition) is 2. The second kappa shape index (κ2) is 11.0. The lowest BCUT2D eigenvalue weighted by atomic mass is 9.98. The number of imidazole rings is 1. The summed E-state index contributed by atoms with van der Waals surface area (Å²) in [6, 6.07) is 15.6. The van der Waals surface area contributed by atoms with E-state index in [1.807, 2.05) is 66.9 Å². The Hall–Kier alpha value is -5.17. The summed E-state index contributed by atoms with van der Waals surface area (Å²) in [5.41, 5.74) is 4.90. The molecule has 0 aliphatic rings. The van der Waals surface area contributed by atoms with Gasteiger partial charge in [0.2, 0.25) is 5.95 Å². The third kappa shape index (κ3) is 5.05. The van der Waals surface area contributed by atoms with Gasteiger partial charge in [0, 0.05) is 17.0 Å². The summed E-state index contributed by atoms with van der Waals surface area (Å²) in [5, 5.41) is 7.13. The Morgan fingerprint density at radius 3 is 2.50 bits per heavy atom. The number of aromatic nitrogens is 4. The van der Waals surface area contributed by atoms with Crippen LogP contribution >= 0.6 is 11.3 Å². The van der Waals surface area contributed by atoms with Crippen LogP contribution in [0.5, 0.6) is 0 Å². The number of hydrogen-bond acceptors (Lipinski definition) is 11. The van der Waals surface area contributed by atoms with Crippen LogP contribution in [0.25, 0.3) is 33.5 Å². The Morgan fingerprint density at radius 1 is 1.07 bits per heavy atom. The molecule has 0 unspecified atom stereocenters. The SMILES string of the molecule is CCNc1nc2c(C)sc(C(=O)OCc3oc(=O)oc3C)c2n1Cc1ccc(-c2ccccc2-c2noc(=O)[nH]2)cc1. The molecule has 0 amide bonds. The summed E-state index contributed by atoms with van der Waals surface area (Å²) < 4.78 is 22.0. The van der Waals surface area contributed by atoms with E-state index in [0.717, 1.165) is 27.1 Å². The summed E-state index contributed by atoms with van der Waals surface area (Å²) in [7, 11) is 0. The molecule has 214 valence electrons. The second-order valence-electron chi connectivity index (χ2n) is 9.43. The molecule has 12 nitrogen and oxygen atoms in total. The van der Waals surface area contributed by atoms with Crippen LogP contribution in [-0.4, -0.2) is 32.2 Å². The minimum atomic E-state index is -0.844. The van der Waals surface area contributed by atoms with E-state index in [1.165, 1.54) is 11.3 Å². The van der Waals surface area contributed by atoms with E-state index in [4.69, 9.17) is 23.1 Å². The first kappa shape index (κ1) is 27.0. The quantitative estimate of drug-likeness (QED) is 0.218. The summed E-state index contributed by atoms with van der Waals surface area (Å²) in [4.78, 5) is 44.8. The Morgan fingerprint density at radius 2 is 1.83 bits per heavy atom. The fourth-order valence-corrected chi connectivity index (χ4v) is 5.72. The molecule has 6 rings (SSSR count). The van der Waals surface area contributed by atoms with Crippen LogP contribution in [-0.2, 0) is 17.9 Å². The van der Waals surface area contributed by atoms with Gasteiger partial charge in [0.15, 0.2) is 24.0 Å². The molecular weight excluding hydrogens is 562 g/mol. The van der Waals surface area contributed by atoms with Crippen molar-refractivity contribution in [1.82, 2.24) is 19.7 Å². The molecule has 4 heterocycles. The highest BCUT2D eigenvalue weighted by Gasteiger charge is 2.25. The van der Waals surface area contributed by atoms with Gasteiger partial charge >= 0.3 is 17.5 Å². The Bertz CT molecular complexity index is 2020. The molecule has 2 N–H and O–H groups in total. The number of aryl methyl sites for hydroxylation is 2. The smallest absolute Gasteiger partial charge is 0.453 e. The molecule has 0 fully saturated rings. The van der Waals surface area contributed by atoms with E-state index in [9.17, 15) is 14.4 Å². The lowest BCUT2D eigenvalue weighted by Gasteiger charge is -2.12. The van der Waals surface area contributed by atoms with Gasteiger partial charge in [-0.2, -0.15) is 0 Å². The number of rotatable bonds is 9. The van der Waals surface area contributed by atoms with Gasteiger partial charge in [-0.05, 0) is 37.5 Å². The molecular formula is C29H25N5O7S. The average Bonchev–Trinajstić information content (AvgIpc) is 3.73. The first-order valence-corrected chi connectivity index (χ1v) is 13.9. The Kier molecular flexibility index (Phi) is 7.08. The lowest BCUT2D eigenvalue weighted by Crippen LogP contribution is -2.10. The average molecular weight is 588 g/mol. The molecule has 0 saturated heterocycles. The van der Waals surface area contributed by atoms with Gasteiger partial charge in [0.05, 0.1) is 12.1 Å². The van der Waals surface area contributed by atoms with Gasteiger partial charge in [0.25, 0.3) is 0 Å². The summed E-state index contributed by atoms with van der Waals surface area (Å²) >= 11 is 1.30. The maximum Gasteiger partial charge on any atom is 0.519 e. The molecule has 0 bridgehead atoms. The van der Waals surface area contributed by atoms with E-state index in [2.05, 4.69) is 15.5 Å². The Labute approximate surface area is 241 Å². The fraction of sp³-hybridized carbons (Fsp3) is 0.207. The van der Waals surface area contributed by atoms with Crippen molar-refractivity contribution in [1.29, 1.82) is 0 Å². The lowest BCUT2D eigenvalue weighted by molar-refractivity contribution is 0.0450. The molecule has 0 radical (unpaired) electrons. The zero-order valence-corrected chi connectivity index (χ0v) is 23.7. The number of benzene rings is 2. The van der Waals surface area contributed by atoms with Gasteiger partial charge in [-0.3, -0.25) is 9.51 Å². The van der Waals surface area contributed by atoms with Crippen molar-refractivity contribution in [3.8, 4) is 22.5 Å². The maximum atomic E-state index is 13.2. The zero-order chi connectivity index (χ0) is 29.4. The van der Waals surface area contributed by atoms with Gasteiger partial charge in [-0.25, -0.2) is 19.4 Å². The first-order valence-electron chi connectivity index (χ1n) is 13.1. The van der Waals surface area contributed by atoms with Gasteiger partial charge in [-0.15, -0.1) is 11.3 Å². The minimum Gasteiger partial charge on any atom is -0.453 e. The number of anilines is 1. The Balaban J connectivity index is 1.32.